The maximum absolute atomic E-state index is 11.3. The van der Waals surface area contributed by atoms with Gasteiger partial charge in [0.05, 0.1) is 5.75 Å². The lowest BCUT2D eigenvalue weighted by molar-refractivity contribution is 0.597. The summed E-state index contributed by atoms with van der Waals surface area (Å²) in [4.78, 5) is 0. The first-order chi connectivity index (χ1) is 8.07. The quantitative estimate of drug-likeness (QED) is 0.777. The summed E-state index contributed by atoms with van der Waals surface area (Å²) in [5, 5.41) is 3.09. The second-order valence-corrected chi connectivity index (χ2v) is 6.65. The minimum absolute atomic E-state index is 0.174. The molecule has 0 bridgehead atoms. The molecule has 96 valence electrons. The Morgan fingerprint density at radius 3 is 2.41 bits per heavy atom. The van der Waals surface area contributed by atoms with Gasteiger partial charge in [0.25, 0.3) is 0 Å². The number of aryl methyl sites for hydroxylation is 1. The Labute approximate surface area is 108 Å². The number of benzene rings is 1. The molecule has 0 spiro atoms. The fourth-order valence-corrected chi connectivity index (χ4v) is 2.31. The van der Waals surface area contributed by atoms with Gasteiger partial charge in [0.15, 0.2) is 9.84 Å². The van der Waals surface area contributed by atoms with Crippen molar-refractivity contribution >= 4 is 27.1 Å². The van der Waals surface area contributed by atoms with Crippen molar-refractivity contribution in [1.82, 2.24) is 0 Å². The van der Waals surface area contributed by atoms with Gasteiger partial charge in [-0.3, -0.25) is 0 Å². The molecular weight excluding hydrogens is 258 g/mol. The highest BCUT2D eigenvalue weighted by Crippen LogP contribution is 2.10. The maximum Gasteiger partial charge on any atom is 0.151 e. The molecule has 5 heteroatoms. The number of rotatable bonds is 7. The Morgan fingerprint density at radius 2 is 1.88 bits per heavy atom. The molecular formula is C12H18ClNO2S. The van der Waals surface area contributed by atoms with Gasteiger partial charge in [-0.05, 0) is 24.1 Å². The Bertz CT molecular complexity index is 428. The molecule has 0 amide bonds. The van der Waals surface area contributed by atoms with Gasteiger partial charge in [0.2, 0.25) is 0 Å². The average molecular weight is 276 g/mol. The van der Waals surface area contributed by atoms with Crippen molar-refractivity contribution < 1.29 is 8.42 Å². The number of hydrogen-bond donors (Lipinski definition) is 1. The summed E-state index contributed by atoms with van der Waals surface area (Å²) in [5.41, 5.74) is 2.13. The third-order valence-electron chi connectivity index (χ3n) is 2.52. The van der Waals surface area contributed by atoms with Crippen LogP contribution in [-0.4, -0.2) is 32.3 Å². The van der Waals surface area contributed by atoms with Crippen molar-refractivity contribution in [3.8, 4) is 0 Å². The van der Waals surface area contributed by atoms with Crippen LogP contribution in [0.25, 0.3) is 0 Å². The van der Waals surface area contributed by atoms with Crippen LogP contribution in [0.2, 0.25) is 0 Å². The van der Waals surface area contributed by atoms with E-state index in [-0.39, 0.29) is 11.5 Å². The van der Waals surface area contributed by atoms with Crippen LogP contribution in [-0.2, 0) is 16.3 Å². The third-order valence-corrected chi connectivity index (χ3v) is 4.41. The second-order valence-electron chi connectivity index (χ2n) is 3.80. The number of nitrogens with one attached hydrogen (secondary N) is 1. The van der Waals surface area contributed by atoms with Crippen molar-refractivity contribution in [2.24, 2.45) is 0 Å². The van der Waals surface area contributed by atoms with Crippen LogP contribution in [0.5, 0.6) is 0 Å². The molecule has 1 aromatic carbocycles. The highest BCUT2D eigenvalue weighted by atomic mass is 35.5. The van der Waals surface area contributed by atoms with Gasteiger partial charge in [0, 0.05) is 23.9 Å². The highest BCUT2D eigenvalue weighted by Gasteiger charge is 2.05. The Hall–Kier alpha value is -0.740. The Balaban J connectivity index is 2.42. The number of sulfone groups is 1. The molecule has 0 atom stereocenters. The highest BCUT2D eigenvalue weighted by molar-refractivity contribution is 7.91. The second kappa shape index (κ2) is 6.87. The van der Waals surface area contributed by atoms with E-state index in [1.807, 2.05) is 24.3 Å². The molecule has 0 saturated carbocycles. The third kappa shape index (κ3) is 5.41. The van der Waals surface area contributed by atoms with Crippen LogP contribution >= 0.6 is 11.6 Å². The lowest BCUT2D eigenvalue weighted by Gasteiger charge is -2.07. The zero-order chi connectivity index (χ0) is 12.7. The first kappa shape index (κ1) is 14.3. The molecule has 0 aliphatic carbocycles. The number of hydrogen-bond acceptors (Lipinski definition) is 3. The van der Waals surface area contributed by atoms with Gasteiger partial charge in [-0.15, -0.1) is 11.6 Å². The molecule has 0 fully saturated rings. The number of alkyl halides is 1. The number of halogens is 1. The largest absolute Gasteiger partial charge is 0.384 e. The van der Waals surface area contributed by atoms with Gasteiger partial charge < -0.3 is 5.32 Å². The smallest absolute Gasteiger partial charge is 0.151 e. The topological polar surface area (TPSA) is 46.2 Å². The van der Waals surface area contributed by atoms with E-state index < -0.39 is 9.84 Å². The zero-order valence-corrected chi connectivity index (χ0v) is 11.5. The molecule has 0 unspecified atom stereocenters. The Morgan fingerprint density at radius 1 is 1.24 bits per heavy atom. The van der Waals surface area contributed by atoms with Gasteiger partial charge in [-0.25, -0.2) is 8.42 Å². The van der Waals surface area contributed by atoms with Crippen molar-refractivity contribution in [1.29, 1.82) is 0 Å². The summed E-state index contributed by atoms with van der Waals surface area (Å²) in [5.74, 6) is 0.984. The molecule has 1 N–H and O–H groups in total. The first-order valence-electron chi connectivity index (χ1n) is 5.66. The van der Waals surface area contributed by atoms with E-state index in [0.29, 0.717) is 12.4 Å². The number of anilines is 1. The molecule has 1 rings (SSSR count). The minimum Gasteiger partial charge on any atom is -0.384 e. The summed E-state index contributed by atoms with van der Waals surface area (Å²) in [6.07, 6.45) is 0.853. The van der Waals surface area contributed by atoms with Crippen molar-refractivity contribution in [2.75, 3.05) is 29.2 Å². The molecule has 0 aliphatic heterocycles. The molecule has 0 aliphatic rings. The van der Waals surface area contributed by atoms with Crippen molar-refractivity contribution in [3.63, 3.8) is 0 Å². The lowest BCUT2D eigenvalue weighted by Crippen LogP contribution is -2.17. The molecule has 0 radical (unpaired) electrons. The summed E-state index contributed by atoms with van der Waals surface area (Å²) >= 11 is 5.64. The predicted molar refractivity (Wildman–Crippen MR) is 73.7 cm³/mol. The van der Waals surface area contributed by atoms with E-state index in [1.165, 1.54) is 5.56 Å². The van der Waals surface area contributed by atoms with Gasteiger partial charge in [0.1, 0.15) is 0 Å². The minimum atomic E-state index is -2.89. The maximum atomic E-state index is 11.3. The van der Waals surface area contributed by atoms with E-state index in [9.17, 15) is 8.42 Å². The van der Waals surface area contributed by atoms with Crippen molar-refractivity contribution in [3.05, 3.63) is 29.8 Å². The van der Waals surface area contributed by atoms with Crippen molar-refractivity contribution in [2.45, 2.75) is 13.3 Å². The molecule has 17 heavy (non-hydrogen) atoms. The summed E-state index contributed by atoms with van der Waals surface area (Å²) in [6.45, 7) is 2.11. The van der Waals surface area contributed by atoms with Gasteiger partial charge in [-0.1, -0.05) is 19.1 Å². The summed E-state index contributed by atoms with van der Waals surface area (Å²) < 4.78 is 22.5. The van der Waals surface area contributed by atoms with Crippen LogP contribution in [0.4, 0.5) is 5.69 Å². The molecule has 0 heterocycles. The van der Waals surface area contributed by atoms with Gasteiger partial charge >= 0.3 is 0 Å². The molecule has 3 nitrogen and oxygen atoms in total. The van der Waals surface area contributed by atoms with Crippen LogP contribution in [0.15, 0.2) is 24.3 Å². The lowest BCUT2D eigenvalue weighted by atomic mass is 10.1. The molecule has 1 aromatic rings. The van der Waals surface area contributed by atoms with E-state index in [4.69, 9.17) is 11.6 Å². The molecule has 0 aromatic heterocycles. The van der Waals surface area contributed by atoms with E-state index in [1.54, 1.807) is 6.92 Å². The van der Waals surface area contributed by atoms with Crippen LogP contribution < -0.4 is 5.32 Å². The van der Waals surface area contributed by atoms with E-state index >= 15 is 0 Å². The summed E-state index contributed by atoms with van der Waals surface area (Å²) in [6, 6.07) is 7.89. The monoisotopic (exact) mass is 275 g/mol. The van der Waals surface area contributed by atoms with Crippen LogP contribution in [0.1, 0.15) is 12.5 Å². The fraction of sp³-hybridized carbons (Fsp3) is 0.500. The zero-order valence-electron chi connectivity index (χ0n) is 9.95. The van der Waals surface area contributed by atoms with E-state index in [2.05, 4.69) is 5.32 Å². The Kier molecular flexibility index (Phi) is 5.78. The van der Waals surface area contributed by atoms with Gasteiger partial charge in [-0.2, -0.15) is 0 Å². The summed E-state index contributed by atoms with van der Waals surface area (Å²) in [7, 11) is -2.89. The standard InChI is InChI=1S/C12H18ClNO2S/c1-2-17(15,16)10-9-14-12-5-3-11(4-6-12)7-8-13/h3-6,14H,2,7-10H2,1H3. The van der Waals surface area contributed by atoms with Crippen LogP contribution in [0.3, 0.4) is 0 Å². The van der Waals surface area contributed by atoms with Crippen LogP contribution in [0, 0.1) is 0 Å². The average Bonchev–Trinajstić information content (AvgIpc) is 2.32. The molecule has 0 saturated heterocycles. The first-order valence-corrected chi connectivity index (χ1v) is 8.02. The van der Waals surface area contributed by atoms with E-state index in [0.717, 1.165) is 12.1 Å². The fourth-order valence-electron chi connectivity index (χ4n) is 1.39. The predicted octanol–water partition coefficient (Wildman–Crippen LogP) is 2.31. The SMILES string of the molecule is CCS(=O)(=O)CCNc1ccc(CCCl)cc1. The normalized spacial score (nSPS) is 11.4.